The summed E-state index contributed by atoms with van der Waals surface area (Å²) in [4.78, 5) is 4.35. The molecule has 2 heteroatoms. The van der Waals surface area contributed by atoms with Gasteiger partial charge in [-0.25, -0.2) is 0 Å². The third-order valence-electron chi connectivity index (χ3n) is 2.63. The molecular weight excluding hydrogens is 148 g/mol. The van der Waals surface area contributed by atoms with Gasteiger partial charge in [-0.15, -0.1) is 0 Å². The van der Waals surface area contributed by atoms with Gasteiger partial charge in [0.25, 0.3) is 0 Å². The maximum absolute atomic E-state index is 5.88. The number of hydrogen-bond donors (Lipinski definition) is 1. The Bertz CT molecular complexity index is 163. The average molecular weight is 168 g/mol. The van der Waals surface area contributed by atoms with Crippen LogP contribution in [0.3, 0.4) is 0 Å². The van der Waals surface area contributed by atoms with E-state index in [0.29, 0.717) is 5.92 Å². The minimum absolute atomic E-state index is 0.589. The van der Waals surface area contributed by atoms with Crippen LogP contribution in [0.25, 0.3) is 0 Å². The molecule has 1 aliphatic rings. The molecular formula is C10H20N2. The second kappa shape index (κ2) is 4.48. The molecule has 1 rings (SSSR count). The first-order valence-corrected chi connectivity index (χ1v) is 5.03. The summed E-state index contributed by atoms with van der Waals surface area (Å²) in [5.41, 5.74) is 5.88. The van der Waals surface area contributed by atoms with Crippen LogP contribution in [0.1, 0.15) is 39.5 Å². The smallest absolute Gasteiger partial charge is 0.0968 e. The molecule has 0 amide bonds. The Morgan fingerprint density at radius 3 is 2.75 bits per heavy atom. The zero-order valence-corrected chi connectivity index (χ0v) is 8.21. The molecule has 2 unspecified atom stereocenters. The van der Waals surface area contributed by atoms with E-state index in [0.717, 1.165) is 24.7 Å². The fourth-order valence-corrected chi connectivity index (χ4v) is 1.85. The third kappa shape index (κ3) is 2.50. The lowest BCUT2D eigenvalue weighted by molar-refractivity contribution is 0.594. The molecule has 0 heterocycles. The third-order valence-corrected chi connectivity index (χ3v) is 2.63. The summed E-state index contributed by atoms with van der Waals surface area (Å²) in [6, 6.07) is 0. The summed E-state index contributed by atoms with van der Waals surface area (Å²) in [7, 11) is 0. The van der Waals surface area contributed by atoms with Crippen LogP contribution in [0.4, 0.5) is 0 Å². The summed E-state index contributed by atoms with van der Waals surface area (Å²) in [6.45, 7) is 5.33. The van der Waals surface area contributed by atoms with E-state index in [9.17, 15) is 0 Å². The Morgan fingerprint density at radius 2 is 2.25 bits per heavy atom. The Morgan fingerprint density at radius 1 is 1.50 bits per heavy atom. The Balaban J connectivity index is 2.37. The van der Waals surface area contributed by atoms with Crippen LogP contribution in [0.5, 0.6) is 0 Å². The quantitative estimate of drug-likeness (QED) is 0.509. The molecule has 0 radical (unpaired) electrons. The van der Waals surface area contributed by atoms with Gasteiger partial charge >= 0.3 is 0 Å². The second-order valence-corrected chi connectivity index (χ2v) is 3.92. The molecule has 0 aromatic rings. The van der Waals surface area contributed by atoms with Gasteiger partial charge in [-0.05, 0) is 31.6 Å². The van der Waals surface area contributed by atoms with Crippen LogP contribution >= 0.6 is 0 Å². The van der Waals surface area contributed by atoms with Gasteiger partial charge in [-0.3, -0.25) is 4.99 Å². The molecule has 2 atom stereocenters. The maximum atomic E-state index is 5.88. The summed E-state index contributed by atoms with van der Waals surface area (Å²) >= 11 is 0. The largest absolute Gasteiger partial charge is 0.387 e. The Labute approximate surface area is 75.3 Å². The highest BCUT2D eigenvalue weighted by molar-refractivity contribution is 5.83. The van der Waals surface area contributed by atoms with E-state index >= 15 is 0 Å². The van der Waals surface area contributed by atoms with E-state index in [1.54, 1.807) is 0 Å². The number of aliphatic imine (C=N–C) groups is 1. The lowest BCUT2D eigenvalue weighted by Crippen LogP contribution is -2.22. The molecule has 0 aromatic heterocycles. The van der Waals surface area contributed by atoms with E-state index in [4.69, 9.17) is 5.73 Å². The predicted octanol–water partition coefficient (Wildman–Crippen LogP) is 2.19. The van der Waals surface area contributed by atoms with Crippen molar-refractivity contribution in [1.82, 2.24) is 0 Å². The minimum Gasteiger partial charge on any atom is -0.387 e. The van der Waals surface area contributed by atoms with Gasteiger partial charge in [0.1, 0.15) is 0 Å². The maximum Gasteiger partial charge on any atom is 0.0968 e. The van der Waals surface area contributed by atoms with Crippen molar-refractivity contribution in [3.8, 4) is 0 Å². The number of rotatable bonds is 3. The van der Waals surface area contributed by atoms with Crippen LogP contribution in [0, 0.1) is 11.8 Å². The van der Waals surface area contributed by atoms with Gasteiger partial charge in [0, 0.05) is 12.5 Å². The Hall–Kier alpha value is -0.530. The molecule has 0 bridgehead atoms. The van der Waals surface area contributed by atoms with Gasteiger partial charge < -0.3 is 5.73 Å². The summed E-state index contributed by atoms with van der Waals surface area (Å²) in [5.74, 6) is 2.35. The van der Waals surface area contributed by atoms with Crippen LogP contribution in [0.15, 0.2) is 4.99 Å². The highest BCUT2D eigenvalue weighted by Gasteiger charge is 2.23. The van der Waals surface area contributed by atoms with Crippen LogP contribution in [-0.2, 0) is 0 Å². The lowest BCUT2D eigenvalue weighted by Gasteiger charge is -2.08. The number of nitrogens with zero attached hydrogens (tertiary/aromatic N) is 1. The van der Waals surface area contributed by atoms with E-state index in [2.05, 4.69) is 18.8 Å². The van der Waals surface area contributed by atoms with E-state index < -0.39 is 0 Å². The number of amidine groups is 1. The summed E-state index contributed by atoms with van der Waals surface area (Å²) in [6.07, 6.45) is 4.93. The van der Waals surface area contributed by atoms with Gasteiger partial charge in [-0.1, -0.05) is 13.8 Å². The van der Waals surface area contributed by atoms with Gasteiger partial charge in [-0.2, -0.15) is 0 Å². The average Bonchev–Trinajstić information content (AvgIpc) is 2.47. The van der Waals surface area contributed by atoms with Gasteiger partial charge in [0.2, 0.25) is 0 Å². The van der Waals surface area contributed by atoms with Crippen molar-refractivity contribution in [2.45, 2.75) is 39.5 Å². The van der Waals surface area contributed by atoms with Crippen LogP contribution in [-0.4, -0.2) is 12.4 Å². The zero-order valence-electron chi connectivity index (χ0n) is 8.21. The van der Waals surface area contributed by atoms with Crippen molar-refractivity contribution in [2.24, 2.45) is 22.6 Å². The van der Waals surface area contributed by atoms with Crippen molar-refractivity contribution in [1.29, 1.82) is 0 Å². The molecule has 0 spiro atoms. The first kappa shape index (κ1) is 9.56. The van der Waals surface area contributed by atoms with Crippen molar-refractivity contribution >= 4 is 5.84 Å². The number of hydrogen-bond acceptors (Lipinski definition) is 1. The second-order valence-electron chi connectivity index (χ2n) is 3.92. The van der Waals surface area contributed by atoms with E-state index in [1.165, 1.54) is 19.3 Å². The summed E-state index contributed by atoms with van der Waals surface area (Å²) in [5, 5.41) is 0. The predicted molar refractivity (Wildman–Crippen MR) is 53.3 cm³/mol. The minimum atomic E-state index is 0.589. The van der Waals surface area contributed by atoms with E-state index in [-0.39, 0.29) is 0 Å². The summed E-state index contributed by atoms with van der Waals surface area (Å²) < 4.78 is 0. The molecule has 0 aliphatic heterocycles. The molecule has 2 nitrogen and oxygen atoms in total. The lowest BCUT2D eigenvalue weighted by atomic mass is 10.1. The van der Waals surface area contributed by atoms with Crippen LogP contribution < -0.4 is 5.73 Å². The standard InChI is InChI=1S/C10H20N2/c1-3-6-12-10(11)9-5-4-8(2)7-9/h8-9H,3-7H2,1-2H3,(H2,11,12). The van der Waals surface area contributed by atoms with Crippen molar-refractivity contribution in [2.75, 3.05) is 6.54 Å². The normalized spacial score (nSPS) is 31.0. The highest BCUT2D eigenvalue weighted by atomic mass is 14.9. The molecule has 1 aliphatic carbocycles. The van der Waals surface area contributed by atoms with Gasteiger partial charge in [0.05, 0.1) is 5.84 Å². The van der Waals surface area contributed by atoms with Crippen molar-refractivity contribution in [3.63, 3.8) is 0 Å². The Kier molecular flexibility index (Phi) is 3.57. The van der Waals surface area contributed by atoms with Gasteiger partial charge in [0.15, 0.2) is 0 Å². The fourth-order valence-electron chi connectivity index (χ4n) is 1.85. The first-order chi connectivity index (χ1) is 5.74. The SMILES string of the molecule is CCCN=C(N)C1CCC(C)C1. The fraction of sp³-hybridized carbons (Fsp3) is 0.900. The van der Waals surface area contributed by atoms with Crippen molar-refractivity contribution in [3.05, 3.63) is 0 Å². The topological polar surface area (TPSA) is 38.4 Å². The van der Waals surface area contributed by atoms with Crippen molar-refractivity contribution < 1.29 is 0 Å². The molecule has 0 aromatic carbocycles. The monoisotopic (exact) mass is 168 g/mol. The molecule has 2 N–H and O–H groups in total. The molecule has 1 saturated carbocycles. The first-order valence-electron chi connectivity index (χ1n) is 5.03. The van der Waals surface area contributed by atoms with E-state index in [1.807, 2.05) is 0 Å². The molecule has 0 saturated heterocycles. The molecule has 1 fully saturated rings. The highest BCUT2D eigenvalue weighted by Crippen LogP contribution is 2.30. The molecule has 12 heavy (non-hydrogen) atoms. The number of nitrogens with two attached hydrogens (primary N) is 1. The zero-order chi connectivity index (χ0) is 8.97. The van der Waals surface area contributed by atoms with Crippen LogP contribution in [0.2, 0.25) is 0 Å². The molecule has 70 valence electrons.